The molecule has 0 unspecified atom stereocenters. The molecule has 20 heavy (non-hydrogen) atoms. The zero-order valence-corrected chi connectivity index (χ0v) is 11.9. The summed E-state index contributed by atoms with van der Waals surface area (Å²) in [7, 11) is 2.87. The Bertz CT molecular complexity index is 357. The van der Waals surface area contributed by atoms with Gasteiger partial charge in [-0.2, -0.15) is 0 Å². The van der Waals surface area contributed by atoms with E-state index < -0.39 is 42.5 Å². The summed E-state index contributed by atoms with van der Waals surface area (Å²) in [6.45, 7) is 3.41. The number of carboxylic acid groups (broad SMARTS) is 1. The van der Waals surface area contributed by atoms with Crippen LogP contribution in [0.1, 0.15) is 13.8 Å². The van der Waals surface area contributed by atoms with Crippen LogP contribution >= 0.6 is 0 Å². The minimum absolute atomic E-state index is 0.0670. The van der Waals surface area contributed by atoms with E-state index in [9.17, 15) is 9.90 Å². The average molecular weight is 292 g/mol. The van der Waals surface area contributed by atoms with Crippen molar-refractivity contribution in [3.63, 3.8) is 0 Å². The van der Waals surface area contributed by atoms with Crippen molar-refractivity contribution in [2.24, 2.45) is 0 Å². The number of aliphatic carboxylic acids is 1. The van der Waals surface area contributed by atoms with Crippen LogP contribution in [0.5, 0.6) is 0 Å². The van der Waals surface area contributed by atoms with E-state index in [1.807, 2.05) is 0 Å². The fourth-order valence-electron chi connectivity index (χ4n) is 2.47. The summed E-state index contributed by atoms with van der Waals surface area (Å²) < 4.78 is 32.3. The average Bonchev–Trinajstić information content (AvgIpc) is 2.70. The van der Waals surface area contributed by atoms with Crippen molar-refractivity contribution in [3.05, 3.63) is 0 Å². The minimum Gasteiger partial charge on any atom is -0.479 e. The lowest BCUT2D eigenvalue weighted by molar-refractivity contribution is -0.280. The standard InChI is InChI=1S/C12H20O8/c1-12(2)19-7-6(17-5-15-3)8(10(13)14)18-11(16-4)9(7)20-12/h6-9,11H,5H2,1-4H3,(H,13,14)/t6-,7-,8-,9-,11-/m0/s1. The highest BCUT2D eigenvalue weighted by Gasteiger charge is 2.57. The number of hydrogen-bond donors (Lipinski definition) is 1. The lowest BCUT2D eigenvalue weighted by atomic mass is 9.99. The molecule has 0 bridgehead atoms. The Morgan fingerprint density at radius 1 is 1.25 bits per heavy atom. The van der Waals surface area contributed by atoms with Crippen molar-refractivity contribution >= 4 is 5.97 Å². The highest BCUT2D eigenvalue weighted by Crippen LogP contribution is 2.38. The quantitative estimate of drug-likeness (QED) is 0.705. The number of carboxylic acids is 1. The van der Waals surface area contributed by atoms with Crippen molar-refractivity contribution in [1.82, 2.24) is 0 Å². The third kappa shape index (κ3) is 2.95. The molecule has 2 rings (SSSR count). The normalized spacial score (nSPS) is 39.5. The van der Waals surface area contributed by atoms with Gasteiger partial charge in [-0.1, -0.05) is 0 Å². The molecule has 2 fully saturated rings. The first-order valence-corrected chi connectivity index (χ1v) is 6.27. The van der Waals surface area contributed by atoms with E-state index in [0.717, 1.165) is 0 Å². The van der Waals surface area contributed by atoms with Crippen LogP contribution in [-0.2, 0) is 33.2 Å². The molecule has 8 nitrogen and oxygen atoms in total. The van der Waals surface area contributed by atoms with Gasteiger partial charge in [0.25, 0.3) is 0 Å². The maximum absolute atomic E-state index is 11.3. The van der Waals surface area contributed by atoms with Crippen LogP contribution in [0.15, 0.2) is 0 Å². The molecule has 2 aliphatic rings. The molecule has 0 radical (unpaired) electrons. The molecule has 0 spiro atoms. The first-order chi connectivity index (χ1) is 9.39. The van der Waals surface area contributed by atoms with Crippen LogP contribution < -0.4 is 0 Å². The summed E-state index contributed by atoms with van der Waals surface area (Å²) in [5, 5.41) is 9.27. The maximum Gasteiger partial charge on any atom is 0.335 e. The van der Waals surface area contributed by atoms with E-state index in [0.29, 0.717) is 0 Å². The second-order valence-electron chi connectivity index (χ2n) is 5.10. The summed E-state index contributed by atoms with van der Waals surface area (Å²) >= 11 is 0. The lowest BCUT2D eigenvalue weighted by Gasteiger charge is -2.39. The Balaban J connectivity index is 2.23. The van der Waals surface area contributed by atoms with Gasteiger partial charge in [0, 0.05) is 14.2 Å². The second-order valence-corrected chi connectivity index (χ2v) is 5.10. The third-order valence-electron chi connectivity index (χ3n) is 3.19. The highest BCUT2D eigenvalue weighted by atomic mass is 16.8. The van der Waals surface area contributed by atoms with E-state index in [1.54, 1.807) is 13.8 Å². The van der Waals surface area contributed by atoms with E-state index in [1.165, 1.54) is 14.2 Å². The molecule has 0 saturated carbocycles. The number of hydrogen-bond acceptors (Lipinski definition) is 7. The first kappa shape index (κ1) is 15.6. The molecule has 2 heterocycles. The molecule has 0 aromatic rings. The number of fused-ring (bicyclic) bond motifs is 1. The van der Waals surface area contributed by atoms with Crippen molar-refractivity contribution in [2.75, 3.05) is 21.0 Å². The van der Waals surface area contributed by atoms with E-state index >= 15 is 0 Å². The zero-order valence-electron chi connectivity index (χ0n) is 11.9. The molecule has 5 atom stereocenters. The molecular weight excluding hydrogens is 272 g/mol. The van der Waals surface area contributed by atoms with Gasteiger partial charge < -0.3 is 33.5 Å². The van der Waals surface area contributed by atoms with Crippen molar-refractivity contribution < 1.29 is 38.3 Å². The molecule has 0 aromatic carbocycles. The Morgan fingerprint density at radius 2 is 1.90 bits per heavy atom. The summed E-state index contributed by atoms with van der Waals surface area (Å²) in [6.07, 6.45) is -4.06. The van der Waals surface area contributed by atoms with Crippen LogP contribution in [0.4, 0.5) is 0 Å². The molecule has 0 amide bonds. The van der Waals surface area contributed by atoms with Gasteiger partial charge in [0.1, 0.15) is 25.1 Å². The third-order valence-corrected chi connectivity index (χ3v) is 3.19. The SMILES string of the molecule is COCO[C@H]1[C@@H]2OC(C)(C)O[C@@H]2[C@@H](OC)O[C@@H]1C(=O)O. The van der Waals surface area contributed by atoms with Gasteiger partial charge in [0.2, 0.25) is 0 Å². The maximum atomic E-state index is 11.3. The fraction of sp³-hybridized carbons (Fsp3) is 0.917. The van der Waals surface area contributed by atoms with Gasteiger partial charge in [-0.3, -0.25) is 0 Å². The minimum atomic E-state index is -1.21. The number of carbonyl (C=O) groups is 1. The number of rotatable bonds is 5. The van der Waals surface area contributed by atoms with Gasteiger partial charge in [-0.15, -0.1) is 0 Å². The van der Waals surface area contributed by atoms with Crippen LogP contribution in [0.25, 0.3) is 0 Å². The monoisotopic (exact) mass is 292 g/mol. The number of methoxy groups -OCH3 is 2. The van der Waals surface area contributed by atoms with Gasteiger partial charge in [-0.05, 0) is 13.8 Å². The van der Waals surface area contributed by atoms with Gasteiger partial charge in [0.05, 0.1) is 0 Å². The molecule has 116 valence electrons. The summed E-state index contributed by atoms with van der Waals surface area (Å²) in [5.74, 6) is -2.02. The topological polar surface area (TPSA) is 92.7 Å². The second kappa shape index (κ2) is 5.92. The van der Waals surface area contributed by atoms with E-state index in [-0.39, 0.29) is 6.79 Å². The van der Waals surface area contributed by atoms with Gasteiger partial charge in [-0.25, -0.2) is 4.79 Å². The van der Waals surface area contributed by atoms with Crippen LogP contribution in [0.3, 0.4) is 0 Å². The Labute approximate surface area is 116 Å². The highest BCUT2D eigenvalue weighted by molar-refractivity contribution is 5.73. The molecule has 8 heteroatoms. The van der Waals surface area contributed by atoms with Crippen molar-refractivity contribution in [3.8, 4) is 0 Å². The van der Waals surface area contributed by atoms with E-state index in [2.05, 4.69) is 0 Å². The molecule has 1 N–H and O–H groups in total. The summed E-state index contributed by atoms with van der Waals surface area (Å²) in [6, 6.07) is 0. The zero-order chi connectivity index (χ0) is 14.9. The summed E-state index contributed by atoms with van der Waals surface area (Å²) in [5.41, 5.74) is 0. The smallest absolute Gasteiger partial charge is 0.335 e. The number of ether oxygens (including phenoxy) is 6. The molecule has 0 aromatic heterocycles. The largest absolute Gasteiger partial charge is 0.479 e. The summed E-state index contributed by atoms with van der Waals surface area (Å²) in [4.78, 5) is 11.3. The Kier molecular flexibility index (Phi) is 4.62. The van der Waals surface area contributed by atoms with Crippen molar-refractivity contribution in [2.45, 2.75) is 50.3 Å². The van der Waals surface area contributed by atoms with Crippen molar-refractivity contribution in [1.29, 1.82) is 0 Å². The van der Waals surface area contributed by atoms with Crippen LogP contribution in [0.2, 0.25) is 0 Å². The molecule has 2 aliphatic heterocycles. The van der Waals surface area contributed by atoms with Crippen LogP contribution in [-0.4, -0.2) is 68.6 Å². The molecule has 2 saturated heterocycles. The van der Waals surface area contributed by atoms with Gasteiger partial charge >= 0.3 is 5.97 Å². The Morgan fingerprint density at radius 3 is 2.45 bits per heavy atom. The first-order valence-electron chi connectivity index (χ1n) is 6.27. The predicted octanol–water partition coefficient (Wildman–Crippen LogP) is -0.0485. The fourth-order valence-corrected chi connectivity index (χ4v) is 2.47. The Hall–Kier alpha value is -0.770. The predicted molar refractivity (Wildman–Crippen MR) is 63.9 cm³/mol. The lowest BCUT2D eigenvalue weighted by Crippen LogP contribution is -2.60. The molecular formula is C12H20O8. The van der Waals surface area contributed by atoms with Crippen LogP contribution in [0, 0.1) is 0 Å². The van der Waals surface area contributed by atoms with Gasteiger partial charge in [0.15, 0.2) is 18.2 Å². The molecule has 0 aliphatic carbocycles. The van der Waals surface area contributed by atoms with E-state index in [4.69, 9.17) is 28.4 Å².